The number of amides is 1. The van der Waals surface area contributed by atoms with Crippen molar-refractivity contribution in [2.45, 2.75) is 48.8 Å². The van der Waals surface area contributed by atoms with E-state index in [-0.39, 0.29) is 17.1 Å². The number of fused-ring (bicyclic) bond motifs is 2. The number of hydrogen-bond acceptors (Lipinski definition) is 4. The number of carbonyl (C=O) groups excluding carboxylic acids is 1. The first-order valence-corrected chi connectivity index (χ1v) is 15.4. The molecule has 3 aromatic carbocycles. The summed E-state index contributed by atoms with van der Waals surface area (Å²) in [5, 5.41) is 0. The Morgan fingerprint density at radius 3 is 2.45 bits per heavy atom. The fourth-order valence-corrected chi connectivity index (χ4v) is 7.16. The molecule has 0 aliphatic carbocycles. The maximum absolute atomic E-state index is 13.8. The van der Waals surface area contributed by atoms with Gasteiger partial charge >= 0.3 is 0 Å². The first-order valence-electron chi connectivity index (χ1n) is 14.6. The van der Waals surface area contributed by atoms with Gasteiger partial charge in [0.25, 0.3) is 5.91 Å². The van der Waals surface area contributed by atoms with E-state index >= 15 is 0 Å². The number of pyridine rings is 1. The van der Waals surface area contributed by atoms with Crippen LogP contribution in [-0.4, -0.2) is 42.0 Å². The van der Waals surface area contributed by atoms with Crippen molar-refractivity contribution < 1.29 is 9.18 Å². The Labute approximate surface area is 252 Å². The fraction of sp³-hybridized carbons (Fsp3) is 0.278. The van der Waals surface area contributed by atoms with E-state index in [1.807, 2.05) is 36.1 Å². The first kappa shape index (κ1) is 28.4. The largest absolute Gasteiger partial charge is 0.307 e. The second-order valence-corrected chi connectivity index (χ2v) is 12.8. The summed E-state index contributed by atoms with van der Waals surface area (Å²) >= 11 is 1.63. The molecular formula is C36H36FN3OS. The quantitative estimate of drug-likeness (QED) is 0.233. The van der Waals surface area contributed by atoms with Gasteiger partial charge in [-0.25, -0.2) is 4.39 Å². The zero-order valence-electron chi connectivity index (χ0n) is 24.4. The molecule has 2 aliphatic rings. The van der Waals surface area contributed by atoms with Gasteiger partial charge in [0.05, 0.1) is 0 Å². The molecule has 1 saturated heterocycles. The topological polar surface area (TPSA) is 36.4 Å². The van der Waals surface area contributed by atoms with Crippen molar-refractivity contribution in [3.63, 3.8) is 0 Å². The molecule has 0 bridgehead atoms. The number of aryl methyl sites for hydroxylation is 3. The lowest BCUT2D eigenvalue weighted by atomic mass is 9.74. The molecule has 0 saturated carbocycles. The average molecular weight is 578 g/mol. The van der Waals surface area contributed by atoms with Crippen LogP contribution < -0.4 is 4.90 Å². The molecule has 0 atom stereocenters. The molecule has 0 unspecified atom stereocenters. The number of piperidine rings is 1. The van der Waals surface area contributed by atoms with Gasteiger partial charge in [-0.15, -0.1) is 0 Å². The standard InChI is InChI=1S/C36H36FN3OS/c1-25-6-7-28(26(2)21-25)5-4-18-39-19-15-36(16-20-39)24-40(35(41)29-14-17-38-27(3)22-29)34-13-12-32(23-33(34)36)42-31-10-8-30(37)9-11-31/h4-14,17,21-23H,15-16,18-20,24H2,1-3H3/b5-4+. The lowest BCUT2D eigenvalue weighted by molar-refractivity contribution is 0.0977. The normalized spacial score (nSPS) is 16.3. The number of anilines is 1. The summed E-state index contributed by atoms with van der Waals surface area (Å²) in [5.41, 5.74) is 7.52. The van der Waals surface area contributed by atoms with Crippen LogP contribution in [0.2, 0.25) is 0 Å². The number of rotatable bonds is 6. The van der Waals surface area contributed by atoms with Crippen molar-refractivity contribution in [3.05, 3.63) is 124 Å². The molecule has 1 aromatic heterocycles. The lowest BCUT2D eigenvalue weighted by Gasteiger charge is -2.39. The number of carbonyl (C=O) groups is 1. The Morgan fingerprint density at radius 2 is 1.71 bits per heavy atom. The van der Waals surface area contributed by atoms with E-state index in [2.05, 4.69) is 72.3 Å². The molecule has 4 nitrogen and oxygen atoms in total. The lowest BCUT2D eigenvalue weighted by Crippen LogP contribution is -2.46. The third kappa shape index (κ3) is 5.92. The molecule has 0 N–H and O–H groups in total. The monoisotopic (exact) mass is 577 g/mol. The average Bonchev–Trinajstić information content (AvgIpc) is 3.29. The predicted molar refractivity (Wildman–Crippen MR) is 170 cm³/mol. The summed E-state index contributed by atoms with van der Waals surface area (Å²) in [7, 11) is 0. The summed E-state index contributed by atoms with van der Waals surface area (Å²) in [6.07, 6.45) is 8.20. The number of halogens is 1. The van der Waals surface area contributed by atoms with E-state index in [1.54, 1.807) is 18.0 Å². The number of likely N-dealkylation sites (tertiary alicyclic amines) is 1. The van der Waals surface area contributed by atoms with Gasteiger partial charge in [-0.3, -0.25) is 14.7 Å². The summed E-state index contributed by atoms with van der Waals surface area (Å²) in [6, 6.07) is 23.3. The van der Waals surface area contributed by atoms with Gasteiger partial charge in [-0.05, 0) is 118 Å². The van der Waals surface area contributed by atoms with Crippen molar-refractivity contribution in [2.24, 2.45) is 0 Å². The maximum atomic E-state index is 13.8. The van der Waals surface area contributed by atoms with Gasteiger partial charge in [0.15, 0.2) is 0 Å². The fourth-order valence-electron chi connectivity index (χ4n) is 6.30. The minimum Gasteiger partial charge on any atom is -0.307 e. The van der Waals surface area contributed by atoms with Crippen molar-refractivity contribution in [3.8, 4) is 0 Å². The number of hydrogen-bond donors (Lipinski definition) is 0. The minimum atomic E-state index is -0.233. The molecule has 0 radical (unpaired) electrons. The molecule has 1 fully saturated rings. The summed E-state index contributed by atoms with van der Waals surface area (Å²) in [4.78, 5) is 24.7. The Balaban J connectivity index is 1.24. The molecule has 2 aliphatic heterocycles. The molecule has 4 aromatic rings. The van der Waals surface area contributed by atoms with E-state index in [4.69, 9.17) is 0 Å². The van der Waals surface area contributed by atoms with Crippen molar-refractivity contribution >= 4 is 29.4 Å². The van der Waals surface area contributed by atoms with Crippen molar-refractivity contribution in [2.75, 3.05) is 31.1 Å². The summed E-state index contributed by atoms with van der Waals surface area (Å²) < 4.78 is 13.5. The SMILES string of the molecule is Cc1ccc(/C=C/CN2CCC3(CC2)CN(C(=O)c2ccnc(C)c2)c2ccc(Sc4ccc(F)cc4)cc23)c(C)c1. The Morgan fingerprint density at radius 1 is 0.952 bits per heavy atom. The van der Waals surface area contributed by atoms with Crippen LogP contribution in [0.15, 0.2) is 94.9 Å². The highest BCUT2D eigenvalue weighted by Crippen LogP contribution is 2.49. The number of nitrogens with zero attached hydrogens (tertiary/aromatic N) is 3. The van der Waals surface area contributed by atoms with Gasteiger partial charge in [-0.2, -0.15) is 0 Å². The molecule has 1 amide bonds. The highest BCUT2D eigenvalue weighted by Gasteiger charge is 2.46. The molecule has 1 spiro atoms. The van der Waals surface area contributed by atoms with Crippen molar-refractivity contribution in [1.29, 1.82) is 0 Å². The van der Waals surface area contributed by atoms with E-state index in [0.29, 0.717) is 12.1 Å². The highest BCUT2D eigenvalue weighted by molar-refractivity contribution is 7.99. The molecule has 3 heterocycles. The second-order valence-electron chi connectivity index (χ2n) is 11.7. The van der Waals surface area contributed by atoms with Crippen LogP contribution in [-0.2, 0) is 5.41 Å². The van der Waals surface area contributed by atoms with E-state index in [1.165, 1.54) is 34.4 Å². The Bertz CT molecular complexity index is 1640. The van der Waals surface area contributed by atoms with Crippen LogP contribution in [0.5, 0.6) is 0 Å². The molecule has 6 rings (SSSR count). The smallest absolute Gasteiger partial charge is 0.258 e. The maximum Gasteiger partial charge on any atom is 0.258 e. The van der Waals surface area contributed by atoms with E-state index in [9.17, 15) is 9.18 Å². The number of aromatic nitrogens is 1. The zero-order chi connectivity index (χ0) is 29.3. The van der Waals surface area contributed by atoms with E-state index in [0.717, 1.165) is 53.6 Å². The summed E-state index contributed by atoms with van der Waals surface area (Å²) in [6.45, 7) is 9.75. The third-order valence-electron chi connectivity index (χ3n) is 8.63. The van der Waals surface area contributed by atoms with Gasteiger partial charge in [-0.1, -0.05) is 47.7 Å². The Hall–Kier alpha value is -3.74. The van der Waals surface area contributed by atoms with Gasteiger partial charge in [0, 0.05) is 51.4 Å². The molecule has 214 valence electrons. The molecule has 6 heteroatoms. The predicted octanol–water partition coefficient (Wildman–Crippen LogP) is 8.00. The first-order chi connectivity index (χ1) is 20.3. The zero-order valence-corrected chi connectivity index (χ0v) is 25.3. The molecule has 42 heavy (non-hydrogen) atoms. The van der Waals surface area contributed by atoms with Crippen molar-refractivity contribution in [1.82, 2.24) is 9.88 Å². The third-order valence-corrected chi connectivity index (χ3v) is 9.63. The van der Waals surface area contributed by atoms with Crippen LogP contribution in [0.4, 0.5) is 10.1 Å². The van der Waals surface area contributed by atoms with Crippen LogP contribution >= 0.6 is 11.8 Å². The van der Waals surface area contributed by atoms with Crippen LogP contribution in [0, 0.1) is 26.6 Å². The van der Waals surface area contributed by atoms with Gasteiger partial charge < -0.3 is 4.90 Å². The minimum absolute atomic E-state index is 0.0244. The van der Waals surface area contributed by atoms with E-state index < -0.39 is 0 Å². The molecular weight excluding hydrogens is 541 g/mol. The second kappa shape index (κ2) is 11.9. The van der Waals surface area contributed by atoms with Gasteiger partial charge in [0.1, 0.15) is 5.82 Å². The van der Waals surface area contributed by atoms with Crippen LogP contribution in [0.1, 0.15) is 51.1 Å². The Kier molecular flexibility index (Phi) is 8.02. The van der Waals surface area contributed by atoms with Gasteiger partial charge in [0.2, 0.25) is 0 Å². The van der Waals surface area contributed by atoms with Crippen LogP contribution in [0.25, 0.3) is 6.08 Å². The number of benzene rings is 3. The summed E-state index contributed by atoms with van der Waals surface area (Å²) in [5.74, 6) is -0.209. The van der Waals surface area contributed by atoms with Crippen LogP contribution in [0.3, 0.4) is 0 Å². The highest BCUT2D eigenvalue weighted by atomic mass is 32.2.